The Hall–Kier alpha value is -1.02. The van der Waals surface area contributed by atoms with Crippen LogP contribution < -0.4 is 10.1 Å². The third-order valence-corrected chi connectivity index (χ3v) is 4.63. The minimum Gasteiger partial charge on any atom is -0.490 e. The highest BCUT2D eigenvalue weighted by molar-refractivity contribution is 5.36. The molecule has 2 rings (SSSR count). The van der Waals surface area contributed by atoms with Gasteiger partial charge < -0.3 is 10.1 Å². The average molecular weight is 275 g/mol. The molecule has 0 amide bonds. The third kappa shape index (κ3) is 3.76. The van der Waals surface area contributed by atoms with Crippen LogP contribution in [-0.2, 0) is 0 Å². The summed E-state index contributed by atoms with van der Waals surface area (Å²) < 4.78 is 6.32. The van der Waals surface area contributed by atoms with Crippen molar-refractivity contribution in [3.05, 3.63) is 29.8 Å². The van der Waals surface area contributed by atoms with Crippen LogP contribution >= 0.6 is 0 Å². The molecule has 1 aliphatic carbocycles. The fraction of sp³-hybridized carbons (Fsp3) is 0.667. The van der Waals surface area contributed by atoms with Gasteiger partial charge in [0.15, 0.2) is 0 Å². The van der Waals surface area contributed by atoms with Gasteiger partial charge in [-0.05, 0) is 50.6 Å². The first-order valence-electron chi connectivity index (χ1n) is 7.98. The zero-order valence-corrected chi connectivity index (χ0v) is 13.4. The molecule has 0 saturated heterocycles. The van der Waals surface area contributed by atoms with E-state index in [0.29, 0.717) is 17.6 Å². The van der Waals surface area contributed by atoms with Crippen LogP contribution in [0.25, 0.3) is 0 Å². The lowest BCUT2D eigenvalue weighted by molar-refractivity contribution is 0.0974. The van der Waals surface area contributed by atoms with E-state index < -0.39 is 0 Å². The van der Waals surface area contributed by atoms with Crippen molar-refractivity contribution in [2.75, 3.05) is 7.05 Å². The monoisotopic (exact) mass is 275 g/mol. The largest absolute Gasteiger partial charge is 0.490 e. The molecule has 1 N–H and O–H groups in total. The smallest absolute Gasteiger partial charge is 0.124 e. The zero-order chi connectivity index (χ0) is 14.6. The number of rotatable bonds is 5. The number of ether oxygens (including phenoxy) is 1. The standard InChI is InChI=1S/C18H29NO/c1-5-16(19-4)15-8-6-7-9-17(15)20-14-10-12-18(2,3)13-11-14/h6-9,14,16,19H,5,10-13H2,1-4H3. The summed E-state index contributed by atoms with van der Waals surface area (Å²) in [5.41, 5.74) is 1.79. The van der Waals surface area contributed by atoms with E-state index in [2.05, 4.69) is 50.4 Å². The van der Waals surface area contributed by atoms with Crippen molar-refractivity contribution in [2.45, 2.75) is 65.0 Å². The third-order valence-electron chi connectivity index (χ3n) is 4.63. The number of benzene rings is 1. The Morgan fingerprint density at radius 1 is 1.25 bits per heavy atom. The minimum absolute atomic E-state index is 0.381. The average Bonchev–Trinajstić information content (AvgIpc) is 2.44. The summed E-state index contributed by atoms with van der Waals surface area (Å²) in [5.74, 6) is 1.07. The van der Waals surface area contributed by atoms with E-state index in [4.69, 9.17) is 4.74 Å². The molecule has 2 nitrogen and oxygen atoms in total. The maximum atomic E-state index is 6.32. The molecule has 1 fully saturated rings. The first-order valence-corrected chi connectivity index (χ1v) is 7.98. The molecule has 1 unspecified atom stereocenters. The van der Waals surface area contributed by atoms with Crippen LogP contribution in [0, 0.1) is 5.41 Å². The van der Waals surface area contributed by atoms with Crippen LogP contribution in [0.5, 0.6) is 5.75 Å². The van der Waals surface area contributed by atoms with Crippen LogP contribution in [0.4, 0.5) is 0 Å². The van der Waals surface area contributed by atoms with E-state index in [0.717, 1.165) is 12.2 Å². The van der Waals surface area contributed by atoms with Gasteiger partial charge in [-0.3, -0.25) is 0 Å². The maximum Gasteiger partial charge on any atom is 0.124 e. The Morgan fingerprint density at radius 2 is 1.90 bits per heavy atom. The molecule has 1 atom stereocenters. The second kappa shape index (κ2) is 6.62. The summed E-state index contributed by atoms with van der Waals surface area (Å²) in [6.07, 6.45) is 6.36. The van der Waals surface area contributed by atoms with Crippen molar-refractivity contribution in [3.8, 4) is 5.75 Å². The number of para-hydroxylation sites is 1. The summed E-state index contributed by atoms with van der Waals surface area (Å²) in [6.45, 7) is 6.94. The van der Waals surface area contributed by atoms with E-state index in [1.807, 2.05) is 7.05 Å². The molecule has 0 aromatic heterocycles. The molecule has 0 radical (unpaired) electrons. The van der Waals surface area contributed by atoms with Crippen LogP contribution in [0.15, 0.2) is 24.3 Å². The van der Waals surface area contributed by atoms with Crippen LogP contribution in [0.1, 0.15) is 64.5 Å². The normalized spacial score (nSPS) is 20.6. The van der Waals surface area contributed by atoms with E-state index in [9.17, 15) is 0 Å². The Morgan fingerprint density at radius 3 is 2.50 bits per heavy atom. The van der Waals surface area contributed by atoms with E-state index in [1.54, 1.807) is 0 Å². The number of hydrogen-bond acceptors (Lipinski definition) is 2. The molecule has 0 spiro atoms. The van der Waals surface area contributed by atoms with E-state index in [-0.39, 0.29) is 0 Å². The van der Waals surface area contributed by atoms with E-state index >= 15 is 0 Å². The van der Waals surface area contributed by atoms with Crippen LogP contribution in [-0.4, -0.2) is 13.2 Å². The molecule has 0 heterocycles. The van der Waals surface area contributed by atoms with E-state index in [1.165, 1.54) is 31.2 Å². The van der Waals surface area contributed by atoms with Gasteiger partial charge >= 0.3 is 0 Å². The highest BCUT2D eigenvalue weighted by Crippen LogP contribution is 2.37. The van der Waals surface area contributed by atoms with Crippen molar-refractivity contribution in [1.29, 1.82) is 0 Å². The molecular formula is C18H29NO. The van der Waals surface area contributed by atoms with Crippen molar-refractivity contribution in [3.63, 3.8) is 0 Å². The molecule has 0 bridgehead atoms. The Balaban J connectivity index is 2.06. The van der Waals surface area contributed by atoms with Gasteiger partial charge in [0.05, 0.1) is 6.10 Å². The topological polar surface area (TPSA) is 21.3 Å². The highest BCUT2D eigenvalue weighted by Gasteiger charge is 2.28. The zero-order valence-electron chi connectivity index (χ0n) is 13.4. The van der Waals surface area contributed by atoms with Gasteiger partial charge in [0.25, 0.3) is 0 Å². The number of nitrogens with one attached hydrogen (secondary N) is 1. The van der Waals surface area contributed by atoms with Gasteiger partial charge in [0.1, 0.15) is 5.75 Å². The molecule has 20 heavy (non-hydrogen) atoms. The molecule has 0 aliphatic heterocycles. The fourth-order valence-corrected chi connectivity index (χ4v) is 3.13. The molecule has 112 valence electrons. The first kappa shape index (κ1) is 15.4. The fourth-order valence-electron chi connectivity index (χ4n) is 3.13. The Labute approximate surface area is 123 Å². The van der Waals surface area contributed by atoms with Crippen molar-refractivity contribution >= 4 is 0 Å². The summed E-state index contributed by atoms with van der Waals surface area (Å²) in [4.78, 5) is 0. The van der Waals surface area contributed by atoms with Crippen molar-refractivity contribution in [1.82, 2.24) is 5.32 Å². The predicted octanol–water partition coefficient (Wildman–Crippen LogP) is 4.70. The molecule has 1 aromatic carbocycles. The minimum atomic E-state index is 0.381. The quantitative estimate of drug-likeness (QED) is 0.840. The van der Waals surface area contributed by atoms with Crippen LogP contribution in [0.2, 0.25) is 0 Å². The highest BCUT2D eigenvalue weighted by atomic mass is 16.5. The molecule has 1 aliphatic rings. The molecule has 1 saturated carbocycles. The second-order valence-corrected chi connectivity index (χ2v) is 6.77. The Bertz CT molecular complexity index is 413. The summed E-state index contributed by atoms with van der Waals surface area (Å²) in [7, 11) is 2.02. The lowest BCUT2D eigenvalue weighted by Gasteiger charge is -2.35. The summed E-state index contributed by atoms with van der Waals surface area (Å²) >= 11 is 0. The first-order chi connectivity index (χ1) is 9.55. The van der Waals surface area contributed by atoms with Gasteiger partial charge in [-0.15, -0.1) is 0 Å². The van der Waals surface area contributed by atoms with Gasteiger partial charge in [-0.2, -0.15) is 0 Å². The predicted molar refractivity (Wildman–Crippen MR) is 85.2 cm³/mol. The van der Waals surface area contributed by atoms with Gasteiger partial charge in [0.2, 0.25) is 0 Å². The van der Waals surface area contributed by atoms with Crippen molar-refractivity contribution < 1.29 is 4.74 Å². The SMILES string of the molecule is CCC(NC)c1ccccc1OC1CCC(C)(C)CC1. The Kier molecular flexibility index (Phi) is 5.09. The molecule has 1 aromatic rings. The summed E-state index contributed by atoms with van der Waals surface area (Å²) in [6, 6.07) is 8.87. The van der Waals surface area contributed by atoms with Crippen LogP contribution in [0.3, 0.4) is 0 Å². The maximum absolute atomic E-state index is 6.32. The molecule has 2 heteroatoms. The van der Waals surface area contributed by atoms with Gasteiger partial charge in [-0.1, -0.05) is 39.0 Å². The van der Waals surface area contributed by atoms with Gasteiger partial charge in [-0.25, -0.2) is 0 Å². The lowest BCUT2D eigenvalue weighted by atomic mass is 9.76. The number of hydrogen-bond donors (Lipinski definition) is 1. The lowest BCUT2D eigenvalue weighted by Crippen LogP contribution is -2.29. The second-order valence-electron chi connectivity index (χ2n) is 6.77. The van der Waals surface area contributed by atoms with Gasteiger partial charge in [0, 0.05) is 11.6 Å². The van der Waals surface area contributed by atoms with Crippen molar-refractivity contribution in [2.24, 2.45) is 5.41 Å². The molecular weight excluding hydrogens is 246 g/mol. The summed E-state index contributed by atoms with van der Waals surface area (Å²) in [5, 5.41) is 3.38.